The first kappa shape index (κ1) is 19.0. The summed E-state index contributed by atoms with van der Waals surface area (Å²) in [6, 6.07) is 20.5. The molecule has 4 nitrogen and oxygen atoms in total. The second kappa shape index (κ2) is 7.84. The highest BCUT2D eigenvalue weighted by molar-refractivity contribution is 7.92. The van der Waals surface area contributed by atoms with Gasteiger partial charge in [-0.05, 0) is 56.2 Å². The van der Waals surface area contributed by atoms with E-state index in [4.69, 9.17) is 0 Å². The molecule has 0 spiro atoms. The van der Waals surface area contributed by atoms with Crippen molar-refractivity contribution in [2.24, 2.45) is 0 Å². The lowest BCUT2D eigenvalue weighted by atomic mass is 10.1. The van der Waals surface area contributed by atoms with Crippen molar-refractivity contribution >= 4 is 21.4 Å². The summed E-state index contributed by atoms with van der Waals surface area (Å²) in [5.74, 6) is 0. The van der Waals surface area contributed by atoms with Crippen LogP contribution in [0.4, 0.5) is 11.4 Å². The second-order valence-corrected chi connectivity index (χ2v) is 8.43. The van der Waals surface area contributed by atoms with Gasteiger partial charge in [0.1, 0.15) is 0 Å². The van der Waals surface area contributed by atoms with Crippen LogP contribution in [0.15, 0.2) is 71.6 Å². The molecule has 0 saturated heterocycles. The average molecular weight is 381 g/mol. The molecule has 2 N–H and O–H groups in total. The summed E-state index contributed by atoms with van der Waals surface area (Å²) in [6.07, 6.45) is 0. The first-order valence-electron chi connectivity index (χ1n) is 8.84. The van der Waals surface area contributed by atoms with E-state index in [-0.39, 0.29) is 4.90 Å². The smallest absolute Gasteiger partial charge is 0.261 e. The van der Waals surface area contributed by atoms with Crippen molar-refractivity contribution in [3.63, 3.8) is 0 Å². The fourth-order valence-electron chi connectivity index (χ4n) is 2.90. The number of aryl methyl sites for hydroxylation is 3. The summed E-state index contributed by atoms with van der Waals surface area (Å²) in [7, 11) is -3.63. The quantitative estimate of drug-likeness (QED) is 0.631. The van der Waals surface area contributed by atoms with Gasteiger partial charge in [0.15, 0.2) is 0 Å². The van der Waals surface area contributed by atoms with Gasteiger partial charge in [-0.25, -0.2) is 8.42 Å². The van der Waals surface area contributed by atoms with E-state index in [1.807, 2.05) is 31.2 Å². The maximum atomic E-state index is 12.7. The van der Waals surface area contributed by atoms with Crippen LogP contribution in [0, 0.1) is 20.8 Å². The molecule has 5 heteroatoms. The zero-order valence-corrected chi connectivity index (χ0v) is 16.6. The first-order chi connectivity index (χ1) is 12.8. The van der Waals surface area contributed by atoms with Crippen LogP contribution in [0.25, 0.3) is 0 Å². The molecule has 3 rings (SSSR count). The minimum atomic E-state index is -3.63. The van der Waals surface area contributed by atoms with Crippen molar-refractivity contribution in [1.29, 1.82) is 0 Å². The van der Waals surface area contributed by atoms with Gasteiger partial charge in [-0.1, -0.05) is 53.6 Å². The summed E-state index contributed by atoms with van der Waals surface area (Å²) in [6.45, 7) is 6.57. The molecular weight excluding hydrogens is 356 g/mol. The Bertz CT molecular complexity index is 1040. The van der Waals surface area contributed by atoms with E-state index in [0.29, 0.717) is 12.2 Å². The molecule has 0 aliphatic rings. The lowest BCUT2D eigenvalue weighted by Gasteiger charge is -2.15. The molecule has 0 aliphatic heterocycles. The molecule has 27 heavy (non-hydrogen) atoms. The molecule has 3 aromatic carbocycles. The highest BCUT2D eigenvalue weighted by atomic mass is 32.2. The molecule has 0 amide bonds. The van der Waals surface area contributed by atoms with Gasteiger partial charge in [0.05, 0.1) is 10.6 Å². The van der Waals surface area contributed by atoms with Crippen LogP contribution >= 0.6 is 0 Å². The Hall–Kier alpha value is -2.79. The predicted octanol–water partition coefficient (Wildman–Crippen LogP) is 5.02. The number of anilines is 2. The Balaban J connectivity index is 1.80. The van der Waals surface area contributed by atoms with Gasteiger partial charge in [-0.3, -0.25) is 4.72 Å². The molecule has 3 aromatic rings. The number of para-hydroxylation sites is 1. The minimum Gasteiger partial charge on any atom is -0.381 e. The predicted molar refractivity (Wildman–Crippen MR) is 112 cm³/mol. The Morgan fingerprint density at radius 1 is 0.778 bits per heavy atom. The Labute approximate surface area is 161 Å². The van der Waals surface area contributed by atoms with Crippen LogP contribution in [0.3, 0.4) is 0 Å². The highest BCUT2D eigenvalue weighted by Crippen LogP contribution is 2.23. The maximum absolute atomic E-state index is 12.7. The lowest BCUT2D eigenvalue weighted by Crippen LogP contribution is -2.15. The number of hydrogen-bond donors (Lipinski definition) is 2. The molecule has 0 saturated carbocycles. The van der Waals surface area contributed by atoms with E-state index in [1.165, 1.54) is 5.56 Å². The minimum absolute atomic E-state index is 0.255. The van der Waals surface area contributed by atoms with Crippen LogP contribution in [0.1, 0.15) is 22.3 Å². The fourth-order valence-corrected chi connectivity index (χ4v) is 4.00. The summed E-state index contributed by atoms with van der Waals surface area (Å²) in [5, 5.41) is 3.40. The number of rotatable bonds is 6. The van der Waals surface area contributed by atoms with E-state index in [0.717, 1.165) is 22.4 Å². The summed E-state index contributed by atoms with van der Waals surface area (Å²) in [5.41, 5.74) is 5.89. The van der Waals surface area contributed by atoms with Gasteiger partial charge >= 0.3 is 0 Å². The average Bonchev–Trinajstić information content (AvgIpc) is 2.62. The summed E-state index contributed by atoms with van der Waals surface area (Å²) >= 11 is 0. The first-order valence-corrected chi connectivity index (χ1v) is 10.3. The second-order valence-electron chi connectivity index (χ2n) is 6.75. The standard InChI is InChI=1S/C22H24N2O2S/c1-16-8-11-20(12-9-16)27(25,26)24-22-7-5-4-6-19(22)15-23-21-13-10-17(2)14-18(21)3/h4-14,23-24H,15H2,1-3H3. The van der Waals surface area contributed by atoms with Gasteiger partial charge in [0.25, 0.3) is 10.0 Å². The van der Waals surface area contributed by atoms with Crippen LogP contribution in [-0.4, -0.2) is 8.42 Å². The Morgan fingerprint density at radius 3 is 2.15 bits per heavy atom. The van der Waals surface area contributed by atoms with Crippen molar-refractivity contribution in [2.75, 3.05) is 10.0 Å². The van der Waals surface area contributed by atoms with Crippen molar-refractivity contribution in [2.45, 2.75) is 32.2 Å². The monoisotopic (exact) mass is 380 g/mol. The molecule has 0 aliphatic carbocycles. The molecule has 0 heterocycles. The van der Waals surface area contributed by atoms with E-state index in [1.54, 1.807) is 30.3 Å². The molecule has 0 radical (unpaired) electrons. The maximum Gasteiger partial charge on any atom is 0.261 e. The van der Waals surface area contributed by atoms with Crippen molar-refractivity contribution in [1.82, 2.24) is 0 Å². The van der Waals surface area contributed by atoms with Crippen molar-refractivity contribution in [3.05, 3.63) is 89.0 Å². The van der Waals surface area contributed by atoms with Gasteiger partial charge in [0, 0.05) is 12.2 Å². The van der Waals surface area contributed by atoms with Crippen molar-refractivity contribution < 1.29 is 8.42 Å². The van der Waals surface area contributed by atoms with Gasteiger partial charge < -0.3 is 5.32 Å². The molecule has 0 aromatic heterocycles. The van der Waals surface area contributed by atoms with E-state index < -0.39 is 10.0 Å². The Kier molecular flexibility index (Phi) is 5.51. The van der Waals surface area contributed by atoms with Gasteiger partial charge in [0.2, 0.25) is 0 Å². The Morgan fingerprint density at radius 2 is 1.44 bits per heavy atom. The lowest BCUT2D eigenvalue weighted by molar-refractivity contribution is 0.601. The van der Waals surface area contributed by atoms with Crippen LogP contribution < -0.4 is 10.0 Å². The van der Waals surface area contributed by atoms with Crippen LogP contribution in [0.2, 0.25) is 0 Å². The zero-order chi connectivity index (χ0) is 19.4. The molecule has 0 unspecified atom stereocenters. The third-order valence-corrected chi connectivity index (χ3v) is 5.83. The normalized spacial score (nSPS) is 11.2. The number of sulfonamides is 1. The molecule has 140 valence electrons. The van der Waals surface area contributed by atoms with E-state index >= 15 is 0 Å². The van der Waals surface area contributed by atoms with Gasteiger partial charge in [-0.2, -0.15) is 0 Å². The zero-order valence-electron chi connectivity index (χ0n) is 15.8. The summed E-state index contributed by atoms with van der Waals surface area (Å²) in [4.78, 5) is 0.255. The van der Waals surface area contributed by atoms with Gasteiger partial charge in [-0.15, -0.1) is 0 Å². The van der Waals surface area contributed by atoms with E-state index in [2.05, 4.69) is 36.0 Å². The highest BCUT2D eigenvalue weighted by Gasteiger charge is 2.15. The topological polar surface area (TPSA) is 58.2 Å². The van der Waals surface area contributed by atoms with Crippen LogP contribution in [-0.2, 0) is 16.6 Å². The third kappa shape index (κ3) is 4.68. The number of hydrogen-bond acceptors (Lipinski definition) is 3. The van der Waals surface area contributed by atoms with E-state index in [9.17, 15) is 8.42 Å². The SMILES string of the molecule is Cc1ccc(S(=O)(=O)Nc2ccccc2CNc2ccc(C)cc2C)cc1. The molecule has 0 atom stereocenters. The van der Waals surface area contributed by atoms with Crippen LogP contribution in [0.5, 0.6) is 0 Å². The van der Waals surface area contributed by atoms with Crippen molar-refractivity contribution in [3.8, 4) is 0 Å². The fraction of sp³-hybridized carbons (Fsp3) is 0.182. The largest absolute Gasteiger partial charge is 0.381 e. The summed E-state index contributed by atoms with van der Waals surface area (Å²) < 4.78 is 28.1. The number of nitrogens with one attached hydrogen (secondary N) is 2. The molecular formula is C22H24N2O2S. The number of benzene rings is 3. The third-order valence-electron chi connectivity index (χ3n) is 4.44. The molecule has 0 bridgehead atoms. The molecule has 0 fully saturated rings.